The Morgan fingerprint density at radius 1 is 1.17 bits per heavy atom. The number of aromatic nitrogens is 3. The maximum absolute atomic E-state index is 12.4. The van der Waals surface area contributed by atoms with Crippen molar-refractivity contribution in [3.63, 3.8) is 0 Å². The summed E-state index contributed by atoms with van der Waals surface area (Å²) in [7, 11) is 0. The van der Waals surface area contributed by atoms with E-state index in [9.17, 15) is 4.79 Å². The molecule has 2 aliphatic heterocycles. The molecule has 29 heavy (non-hydrogen) atoms. The average Bonchev–Trinajstić information content (AvgIpc) is 3.24. The lowest BCUT2D eigenvalue weighted by atomic mass is 9.99. The van der Waals surface area contributed by atoms with Gasteiger partial charge in [0.05, 0.1) is 12.2 Å². The standard InChI is InChI=1S/C22H32N6O/c1-17-3-2-12-27(14-17)15-19-6-4-18(5-7-19)13-24-22(29)21-16-28(26-25-21)20-8-10-23-11-9-20/h4-7,16-17,20,23H,2-3,8-15H2,1H3,(H,24,29). The highest BCUT2D eigenvalue weighted by Crippen LogP contribution is 2.19. The molecular weight excluding hydrogens is 364 g/mol. The number of hydrogen-bond donors (Lipinski definition) is 2. The summed E-state index contributed by atoms with van der Waals surface area (Å²) in [6, 6.07) is 8.90. The monoisotopic (exact) mass is 396 g/mol. The number of hydrogen-bond acceptors (Lipinski definition) is 5. The van der Waals surface area contributed by atoms with Gasteiger partial charge in [0.25, 0.3) is 5.91 Å². The van der Waals surface area contributed by atoms with Crippen molar-refractivity contribution in [2.45, 2.75) is 51.7 Å². The van der Waals surface area contributed by atoms with Crippen LogP contribution in [-0.4, -0.2) is 52.0 Å². The zero-order valence-corrected chi connectivity index (χ0v) is 17.3. The molecule has 2 N–H and O–H groups in total. The quantitative estimate of drug-likeness (QED) is 0.784. The second kappa shape index (κ2) is 9.50. The highest BCUT2D eigenvalue weighted by atomic mass is 16.2. The van der Waals surface area contributed by atoms with E-state index in [1.165, 1.54) is 31.5 Å². The predicted molar refractivity (Wildman–Crippen MR) is 112 cm³/mol. The maximum Gasteiger partial charge on any atom is 0.273 e. The number of nitrogens with zero attached hydrogens (tertiary/aromatic N) is 4. The van der Waals surface area contributed by atoms with E-state index in [1.807, 2.05) is 4.68 Å². The maximum atomic E-state index is 12.4. The van der Waals surface area contributed by atoms with E-state index in [4.69, 9.17) is 0 Å². The third kappa shape index (κ3) is 5.42. The molecule has 2 aromatic rings. The lowest BCUT2D eigenvalue weighted by Crippen LogP contribution is -2.33. The van der Waals surface area contributed by atoms with Crippen LogP contribution in [0.25, 0.3) is 0 Å². The van der Waals surface area contributed by atoms with E-state index in [-0.39, 0.29) is 5.91 Å². The van der Waals surface area contributed by atoms with Crippen molar-refractivity contribution in [3.05, 3.63) is 47.3 Å². The molecule has 2 saturated heterocycles. The molecule has 4 rings (SSSR count). The van der Waals surface area contributed by atoms with Crippen molar-refractivity contribution >= 4 is 5.91 Å². The summed E-state index contributed by atoms with van der Waals surface area (Å²) in [4.78, 5) is 15.0. The highest BCUT2D eigenvalue weighted by molar-refractivity contribution is 5.91. The highest BCUT2D eigenvalue weighted by Gasteiger charge is 2.19. The van der Waals surface area contributed by atoms with E-state index in [0.717, 1.165) is 44.0 Å². The summed E-state index contributed by atoms with van der Waals surface area (Å²) in [6.45, 7) is 8.20. The molecule has 0 spiro atoms. The largest absolute Gasteiger partial charge is 0.347 e. The number of carbonyl (C=O) groups excluding carboxylic acids is 1. The molecule has 1 aromatic carbocycles. The van der Waals surface area contributed by atoms with Gasteiger partial charge in [-0.3, -0.25) is 9.69 Å². The first-order valence-corrected chi connectivity index (χ1v) is 10.9. The first kappa shape index (κ1) is 20.0. The molecule has 0 radical (unpaired) electrons. The van der Waals surface area contributed by atoms with Gasteiger partial charge in [0, 0.05) is 19.6 Å². The average molecular weight is 397 g/mol. The lowest BCUT2D eigenvalue weighted by Gasteiger charge is -2.30. The van der Waals surface area contributed by atoms with Gasteiger partial charge >= 0.3 is 0 Å². The molecule has 3 heterocycles. The van der Waals surface area contributed by atoms with Gasteiger partial charge < -0.3 is 10.6 Å². The van der Waals surface area contributed by atoms with Crippen LogP contribution in [0.1, 0.15) is 60.3 Å². The third-order valence-corrected chi connectivity index (χ3v) is 6.05. The number of nitrogens with one attached hydrogen (secondary N) is 2. The van der Waals surface area contributed by atoms with Gasteiger partial charge in [0.1, 0.15) is 0 Å². The Hall–Kier alpha value is -2.25. The Bertz CT molecular complexity index is 796. The normalized spacial score (nSPS) is 21.2. The van der Waals surface area contributed by atoms with Crippen molar-refractivity contribution < 1.29 is 4.79 Å². The summed E-state index contributed by atoms with van der Waals surface area (Å²) < 4.78 is 1.84. The van der Waals surface area contributed by atoms with Crippen molar-refractivity contribution in [2.24, 2.45) is 5.92 Å². The Balaban J connectivity index is 1.26. The number of benzene rings is 1. The van der Waals surface area contributed by atoms with Crippen LogP contribution in [0.3, 0.4) is 0 Å². The summed E-state index contributed by atoms with van der Waals surface area (Å²) in [5, 5.41) is 14.5. The van der Waals surface area contributed by atoms with Crippen molar-refractivity contribution in [1.82, 2.24) is 30.5 Å². The van der Waals surface area contributed by atoms with Crippen molar-refractivity contribution in [1.29, 1.82) is 0 Å². The number of likely N-dealkylation sites (tertiary alicyclic amines) is 1. The van der Waals surface area contributed by atoms with Crippen molar-refractivity contribution in [3.8, 4) is 0 Å². The number of piperidine rings is 2. The molecule has 7 nitrogen and oxygen atoms in total. The molecule has 0 bridgehead atoms. The first-order valence-electron chi connectivity index (χ1n) is 10.9. The first-order chi connectivity index (χ1) is 14.2. The molecule has 1 amide bonds. The Morgan fingerprint density at radius 2 is 1.93 bits per heavy atom. The van der Waals surface area contributed by atoms with Crippen LogP contribution in [0.15, 0.2) is 30.5 Å². The van der Waals surface area contributed by atoms with Gasteiger partial charge in [-0.1, -0.05) is 36.4 Å². The van der Waals surface area contributed by atoms with E-state index in [0.29, 0.717) is 18.3 Å². The summed E-state index contributed by atoms with van der Waals surface area (Å²) in [5.41, 5.74) is 2.82. The zero-order valence-electron chi connectivity index (χ0n) is 17.3. The van der Waals surface area contributed by atoms with Crippen LogP contribution in [0.5, 0.6) is 0 Å². The van der Waals surface area contributed by atoms with E-state index >= 15 is 0 Å². The Kier molecular flexibility index (Phi) is 6.56. The minimum atomic E-state index is -0.170. The van der Waals surface area contributed by atoms with Crippen LogP contribution < -0.4 is 10.6 Å². The molecule has 7 heteroatoms. The minimum absolute atomic E-state index is 0.170. The number of amides is 1. The molecule has 0 aliphatic carbocycles. The smallest absolute Gasteiger partial charge is 0.273 e. The van der Waals surface area contributed by atoms with Crippen LogP contribution in [-0.2, 0) is 13.1 Å². The van der Waals surface area contributed by atoms with Gasteiger partial charge in [-0.05, 0) is 62.4 Å². The SMILES string of the molecule is CC1CCCN(Cc2ccc(CNC(=O)c3cn(C4CCNCC4)nn3)cc2)C1. The summed E-state index contributed by atoms with van der Waals surface area (Å²) >= 11 is 0. The fraction of sp³-hybridized carbons (Fsp3) is 0.591. The van der Waals surface area contributed by atoms with E-state index in [1.54, 1.807) is 6.20 Å². The number of carbonyl (C=O) groups is 1. The molecule has 1 aromatic heterocycles. The zero-order chi connectivity index (χ0) is 20.1. The molecule has 0 saturated carbocycles. The molecule has 156 valence electrons. The van der Waals surface area contributed by atoms with E-state index < -0.39 is 0 Å². The fourth-order valence-corrected chi connectivity index (χ4v) is 4.35. The molecular formula is C22H32N6O. The molecule has 2 aliphatic rings. The Morgan fingerprint density at radius 3 is 2.69 bits per heavy atom. The Labute approximate surface area is 172 Å². The van der Waals surface area contributed by atoms with E-state index in [2.05, 4.69) is 57.0 Å². The second-order valence-corrected chi connectivity index (χ2v) is 8.55. The molecule has 1 atom stereocenters. The van der Waals surface area contributed by atoms with Gasteiger partial charge in [-0.15, -0.1) is 5.10 Å². The van der Waals surface area contributed by atoms with Crippen LogP contribution in [0.4, 0.5) is 0 Å². The third-order valence-electron chi connectivity index (χ3n) is 6.05. The van der Waals surface area contributed by atoms with Crippen LogP contribution in [0, 0.1) is 5.92 Å². The van der Waals surface area contributed by atoms with Crippen molar-refractivity contribution in [2.75, 3.05) is 26.2 Å². The lowest BCUT2D eigenvalue weighted by molar-refractivity contribution is 0.0946. The number of rotatable bonds is 6. The van der Waals surface area contributed by atoms with Gasteiger partial charge in [0.15, 0.2) is 5.69 Å². The summed E-state index contributed by atoms with van der Waals surface area (Å²) in [6.07, 6.45) is 6.46. The second-order valence-electron chi connectivity index (χ2n) is 8.55. The van der Waals surface area contributed by atoms with Crippen LogP contribution in [0.2, 0.25) is 0 Å². The predicted octanol–water partition coefficient (Wildman–Crippen LogP) is 2.36. The fourth-order valence-electron chi connectivity index (χ4n) is 4.35. The molecule has 1 unspecified atom stereocenters. The van der Waals surface area contributed by atoms with Gasteiger partial charge in [-0.2, -0.15) is 0 Å². The minimum Gasteiger partial charge on any atom is -0.347 e. The topological polar surface area (TPSA) is 75.1 Å². The molecule has 2 fully saturated rings. The van der Waals surface area contributed by atoms with Gasteiger partial charge in [-0.25, -0.2) is 4.68 Å². The summed E-state index contributed by atoms with van der Waals surface area (Å²) in [5.74, 6) is 0.627. The van der Waals surface area contributed by atoms with Crippen LogP contribution >= 0.6 is 0 Å². The van der Waals surface area contributed by atoms with Gasteiger partial charge in [0.2, 0.25) is 0 Å².